The smallest absolute Gasteiger partial charge is 0.388 e. The highest BCUT2D eigenvalue weighted by Gasteiger charge is 2.36. The van der Waals surface area contributed by atoms with E-state index in [0.717, 1.165) is 11.4 Å². The maximum Gasteiger partial charge on any atom is 0.388 e. The minimum atomic E-state index is -4.15. The van der Waals surface area contributed by atoms with Crippen LogP contribution in [-0.4, -0.2) is 14.6 Å². The molecule has 22 heavy (non-hydrogen) atoms. The predicted molar refractivity (Wildman–Crippen MR) is 87.2 cm³/mol. The highest BCUT2D eigenvalue weighted by molar-refractivity contribution is 6.84. The first kappa shape index (κ1) is 16.4. The fraction of sp³-hybridized carbons (Fsp3) is 0.250. The molecule has 0 radical (unpaired) electrons. The molecule has 2 N–H and O–H groups in total. The Morgan fingerprint density at radius 2 is 1.23 bits per heavy atom. The van der Waals surface area contributed by atoms with Crippen LogP contribution in [0.25, 0.3) is 0 Å². The zero-order chi connectivity index (χ0) is 16.1. The second kappa shape index (κ2) is 6.87. The van der Waals surface area contributed by atoms with Crippen LogP contribution in [0.4, 0.5) is 24.5 Å². The molecule has 0 aliphatic rings. The van der Waals surface area contributed by atoms with Gasteiger partial charge in [-0.25, -0.2) is 0 Å². The summed E-state index contributed by atoms with van der Waals surface area (Å²) in [5.74, 6) is 0. The maximum absolute atomic E-state index is 12.6. The van der Waals surface area contributed by atoms with Gasteiger partial charge in [0.05, 0.1) is 0 Å². The molecule has 6 heteroatoms. The SMILES string of the molecule is C[Si](CCC(F)(F)F)(Nc1ccccc1)Nc1ccccc1. The standard InChI is InChI=1S/C16H19F3N2Si/c1-22(13-12-16(17,18)19,20-14-8-4-2-5-9-14)21-15-10-6-3-7-11-15/h2-11,20-21H,12-13H2,1H3. The van der Waals surface area contributed by atoms with E-state index in [1.165, 1.54) is 0 Å². The van der Waals surface area contributed by atoms with E-state index in [4.69, 9.17) is 0 Å². The van der Waals surface area contributed by atoms with Gasteiger partial charge in [-0.1, -0.05) is 36.4 Å². The molecule has 2 aromatic carbocycles. The summed E-state index contributed by atoms with van der Waals surface area (Å²) in [4.78, 5) is 6.61. The Bertz CT molecular complexity index is 531. The number of rotatable bonds is 6. The fourth-order valence-corrected chi connectivity index (χ4v) is 4.93. The summed E-state index contributed by atoms with van der Waals surface area (Å²) in [6.45, 7) is 1.87. The molecule has 0 aromatic heterocycles. The molecule has 0 aliphatic heterocycles. The molecule has 0 atom stereocenters. The third-order valence-corrected chi connectivity index (χ3v) is 6.23. The average Bonchev–Trinajstić information content (AvgIpc) is 2.47. The minimum absolute atomic E-state index is 0.0558. The van der Waals surface area contributed by atoms with Crippen molar-refractivity contribution in [2.24, 2.45) is 0 Å². The van der Waals surface area contributed by atoms with Crippen LogP contribution in [0.2, 0.25) is 12.6 Å². The van der Waals surface area contributed by atoms with E-state index in [1.807, 2.05) is 67.2 Å². The average molecular weight is 324 g/mol. The molecule has 0 saturated heterocycles. The Morgan fingerprint density at radius 3 is 1.59 bits per heavy atom. The summed E-state index contributed by atoms with van der Waals surface area (Å²) < 4.78 is 37.9. The first-order chi connectivity index (χ1) is 10.4. The lowest BCUT2D eigenvalue weighted by molar-refractivity contribution is -0.130. The van der Waals surface area contributed by atoms with Gasteiger partial charge in [0.1, 0.15) is 0 Å². The quantitative estimate of drug-likeness (QED) is 0.711. The van der Waals surface area contributed by atoms with Crippen LogP contribution in [0.3, 0.4) is 0 Å². The van der Waals surface area contributed by atoms with E-state index in [0.29, 0.717) is 0 Å². The zero-order valence-corrected chi connectivity index (χ0v) is 13.3. The van der Waals surface area contributed by atoms with E-state index >= 15 is 0 Å². The van der Waals surface area contributed by atoms with E-state index in [9.17, 15) is 13.2 Å². The molecule has 0 aliphatic carbocycles. The third kappa shape index (κ3) is 5.44. The maximum atomic E-state index is 12.6. The van der Waals surface area contributed by atoms with Crippen LogP contribution < -0.4 is 9.96 Å². The van der Waals surface area contributed by atoms with Crippen molar-refractivity contribution >= 4 is 19.8 Å². The van der Waals surface area contributed by atoms with Gasteiger partial charge in [-0.05, 0) is 36.9 Å². The Morgan fingerprint density at radius 1 is 0.818 bits per heavy atom. The normalized spacial score (nSPS) is 12.0. The molecular formula is C16H19F3N2Si. The van der Waals surface area contributed by atoms with Crippen molar-refractivity contribution in [3.8, 4) is 0 Å². The summed E-state index contributed by atoms with van der Waals surface area (Å²) in [6, 6.07) is 18.7. The van der Waals surface area contributed by atoms with Gasteiger partial charge in [0.25, 0.3) is 8.40 Å². The molecule has 0 unspecified atom stereocenters. The Hall–Kier alpha value is -1.95. The molecule has 0 amide bonds. The summed E-state index contributed by atoms with van der Waals surface area (Å²) in [7, 11) is -2.56. The van der Waals surface area contributed by atoms with Gasteiger partial charge < -0.3 is 9.96 Å². The highest BCUT2D eigenvalue weighted by Crippen LogP contribution is 2.28. The van der Waals surface area contributed by atoms with E-state index in [2.05, 4.69) is 9.96 Å². The number of alkyl halides is 3. The van der Waals surface area contributed by atoms with E-state index < -0.39 is 21.0 Å². The summed E-state index contributed by atoms with van der Waals surface area (Å²) in [6.07, 6.45) is -4.94. The number of nitrogens with one attached hydrogen (secondary N) is 2. The second-order valence-electron chi connectivity index (χ2n) is 5.43. The minimum Gasteiger partial charge on any atom is -0.394 e. The van der Waals surface area contributed by atoms with Crippen LogP contribution in [0.15, 0.2) is 60.7 Å². The van der Waals surface area contributed by atoms with Crippen molar-refractivity contribution in [1.82, 2.24) is 0 Å². The number of hydrogen-bond acceptors (Lipinski definition) is 2. The van der Waals surface area contributed by atoms with Crippen molar-refractivity contribution in [3.63, 3.8) is 0 Å². The second-order valence-corrected chi connectivity index (χ2v) is 9.09. The molecule has 0 spiro atoms. The van der Waals surface area contributed by atoms with Crippen LogP contribution in [0, 0.1) is 0 Å². The third-order valence-electron chi connectivity index (χ3n) is 3.30. The van der Waals surface area contributed by atoms with E-state index in [-0.39, 0.29) is 6.04 Å². The predicted octanol–water partition coefficient (Wildman–Crippen LogP) is 5.24. The monoisotopic (exact) mass is 324 g/mol. The zero-order valence-electron chi connectivity index (χ0n) is 12.3. The van der Waals surface area contributed by atoms with Crippen molar-refractivity contribution in [2.75, 3.05) is 9.96 Å². The summed E-state index contributed by atoms with van der Waals surface area (Å²) in [5, 5.41) is 0. The van der Waals surface area contributed by atoms with Crippen LogP contribution in [0.5, 0.6) is 0 Å². The van der Waals surface area contributed by atoms with Crippen LogP contribution in [0.1, 0.15) is 6.42 Å². The Balaban J connectivity index is 2.15. The molecular weight excluding hydrogens is 305 g/mol. The molecule has 0 saturated carbocycles. The first-order valence-electron chi connectivity index (χ1n) is 7.10. The molecule has 2 rings (SSSR count). The van der Waals surface area contributed by atoms with Gasteiger partial charge in [-0.3, -0.25) is 0 Å². The van der Waals surface area contributed by atoms with Gasteiger partial charge in [0.2, 0.25) is 0 Å². The lowest BCUT2D eigenvalue weighted by Gasteiger charge is -2.31. The van der Waals surface area contributed by atoms with Crippen LogP contribution in [-0.2, 0) is 0 Å². The number of anilines is 2. The lowest BCUT2D eigenvalue weighted by Crippen LogP contribution is -2.49. The number of hydrogen-bond donors (Lipinski definition) is 2. The summed E-state index contributed by atoms with van der Waals surface area (Å²) >= 11 is 0. The van der Waals surface area contributed by atoms with Crippen LogP contribution >= 0.6 is 0 Å². The summed E-state index contributed by atoms with van der Waals surface area (Å²) in [5.41, 5.74) is 1.67. The topological polar surface area (TPSA) is 24.1 Å². The van der Waals surface area contributed by atoms with Gasteiger partial charge >= 0.3 is 6.18 Å². The molecule has 0 heterocycles. The Kier molecular flexibility index (Phi) is 5.13. The van der Waals surface area contributed by atoms with Gasteiger partial charge in [-0.2, -0.15) is 13.2 Å². The van der Waals surface area contributed by atoms with Gasteiger partial charge in [-0.15, -0.1) is 0 Å². The van der Waals surface area contributed by atoms with E-state index in [1.54, 1.807) is 0 Å². The van der Waals surface area contributed by atoms with Crippen molar-refractivity contribution < 1.29 is 13.2 Å². The van der Waals surface area contributed by atoms with Crippen molar-refractivity contribution in [3.05, 3.63) is 60.7 Å². The molecule has 2 aromatic rings. The highest BCUT2D eigenvalue weighted by atomic mass is 28.3. The molecule has 118 valence electrons. The molecule has 0 fully saturated rings. The first-order valence-corrected chi connectivity index (χ1v) is 9.80. The fourth-order valence-electron chi connectivity index (χ4n) is 2.23. The van der Waals surface area contributed by atoms with Gasteiger partial charge in [0, 0.05) is 17.8 Å². The molecule has 0 bridgehead atoms. The number of halogens is 3. The van der Waals surface area contributed by atoms with Gasteiger partial charge in [0.15, 0.2) is 0 Å². The number of benzene rings is 2. The lowest BCUT2D eigenvalue weighted by atomic mass is 10.3. The van der Waals surface area contributed by atoms with Crippen molar-refractivity contribution in [1.29, 1.82) is 0 Å². The van der Waals surface area contributed by atoms with Crippen molar-refractivity contribution in [2.45, 2.75) is 25.2 Å². The Labute approximate surface area is 129 Å². The molecule has 2 nitrogen and oxygen atoms in total. The largest absolute Gasteiger partial charge is 0.394 e. The number of para-hydroxylation sites is 2.